The average Bonchev–Trinajstić information content (AvgIpc) is 2.55. The van der Waals surface area contributed by atoms with Gasteiger partial charge in [0.05, 0.1) is 17.1 Å². The van der Waals surface area contributed by atoms with Crippen LogP contribution in [-0.2, 0) is 11.2 Å². The number of non-ortho nitro benzene ring substituents is 1. The van der Waals surface area contributed by atoms with Crippen molar-refractivity contribution in [3.05, 3.63) is 74.8 Å². The summed E-state index contributed by atoms with van der Waals surface area (Å²) in [5, 5.41) is 15.2. The van der Waals surface area contributed by atoms with Gasteiger partial charge in [-0.15, -0.1) is 0 Å². The van der Waals surface area contributed by atoms with Gasteiger partial charge in [0, 0.05) is 17.2 Å². The van der Waals surface area contributed by atoms with Crippen LogP contribution in [0.2, 0.25) is 5.02 Å². The zero-order valence-electron chi connectivity index (χ0n) is 12.3. The Morgan fingerprint density at radius 3 is 2.35 bits per heavy atom. The molecule has 2 aromatic rings. The summed E-state index contributed by atoms with van der Waals surface area (Å²) in [7, 11) is 0. The molecule has 0 heterocycles. The summed E-state index contributed by atoms with van der Waals surface area (Å²) in [6, 6.07) is 12.9. The number of nitrogens with one attached hydrogen (secondary N) is 1. The summed E-state index contributed by atoms with van der Waals surface area (Å²) in [5.41, 5.74) is 4.56. The molecule has 0 bridgehead atoms. The van der Waals surface area contributed by atoms with Crippen molar-refractivity contribution in [3.63, 3.8) is 0 Å². The number of benzene rings is 2. The molecule has 1 amide bonds. The number of carbonyl (C=O) groups is 1. The van der Waals surface area contributed by atoms with E-state index in [2.05, 4.69) is 10.5 Å². The van der Waals surface area contributed by atoms with Gasteiger partial charge in [0.25, 0.3) is 5.69 Å². The molecular weight excluding hydrogens is 318 g/mol. The molecule has 0 saturated heterocycles. The van der Waals surface area contributed by atoms with E-state index in [-0.39, 0.29) is 18.0 Å². The molecule has 2 aromatic carbocycles. The van der Waals surface area contributed by atoms with E-state index in [0.717, 1.165) is 5.56 Å². The zero-order chi connectivity index (χ0) is 16.8. The number of nitrogens with zero attached hydrogens (tertiary/aromatic N) is 2. The lowest BCUT2D eigenvalue weighted by molar-refractivity contribution is -0.384. The summed E-state index contributed by atoms with van der Waals surface area (Å²) < 4.78 is 0. The number of halogens is 1. The van der Waals surface area contributed by atoms with E-state index in [9.17, 15) is 14.9 Å². The first kappa shape index (κ1) is 16.6. The minimum absolute atomic E-state index is 0.00771. The SMILES string of the molecule is C/C(=N\NC(=O)Cc1ccc(Cl)cc1)c1ccc([N+](=O)[O-])cc1. The molecule has 0 unspecified atom stereocenters. The fraction of sp³-hybridized carbons (Fsp3) is 0.125. The van der Waals surface area contributed by atoms with Crippen LogP contribution in [0.15, 0.2) is 53.6 Å². The molecule has 118 valence electrons. The Hall–Kier alpha value is -2.73. The number of rotatable bonds is 5. The molecule has 1 N–H and O–H groups in total. The molecule has 23 heavy (non-hydrogen) atoms. The molecule has 0 saturated carbocycles. The maximum Gasteiger partial charge on any atom is 0.269 e. The minimum atomic E-state index is -0.468. The normalized spacial score (nSPS) is 11.1. The number of nitro benzene ring substituents is 1. The van der Waals surface area contributed by atoms with Crippen LogP contribution >= 0.6 is 11.6 Å². The fourth-order valence-electron chi connectivity index (χ4n) is 1.86. The largest absolute Gasteiger partial charge is 0.273 e. The van der Waals surface area contributed by atoms with Crippen molar-refractivity contribution in [2.75, 3.05) is 0 Å². The summed E-state index contributed by atoms with van der Waals surface area (Å²) in [6.07, 6.45) is 0.189. The van der Waals surface area contributed by atoms with Crippen LogP contribution in [0.1, 0.15) is 18.1 Å². The molecule has 0 aromatic heterocycles. The number of carbonyl (C=O) groups excluding carboxylic acids is 1. The summed E-state index contributed by atoms with van der Waals surface area (Å²) in [5.74, 6) is -0.256. The highest BCUT2D eigenvalue weighted by molar-refractivity contribution is 6.30. The second kappa shape index (κ2) is 7.51. The third-order valence-electron chi connectivity index (χ3n) is 3.12. The zero-order valence-corrected chi connectivity index (χ0v) is 13.1. The molecule has 0 spiro atoms. The van der Waals surface area contributed by atoms with E-state index in [0.29, 0.717) is 16.3 Å². The Morgan fingerprint density at radius 2 is 1.78 bits per heavy atom. The first-order chi connectivity index (χ1) is 11.0. The van der Waals surface area contributed by atoms with E-state index < -0.39 is 4.92 Å². The molecular formula is C16H14ClN3O3. The average molecular weight is 332 g/mol. The molecule has 6 nitrogen and oxygen atoms in total. The quantitative estimate of drug-likeness (QED) is 0.518. The number of amides is 1. The van der Waals surface area contributed by atoms with Gasteiger partial charge in [-0.2, -0.15) is 5.10 Å². The van der Waals surface area contributed by atoms with Gasteiger partial charge >= 0.3 is 0 Å². The Bertz CT molecular complexity index is 740. The lowest BCUT2D eigenvalue weighted by atomic mass is 10.1. The Morgan fingerprint density at radius 1 is 1.17 bits per heavy atom. The van der Waals surface area contributed by atoms with Crippen molar-refractivity contribution in [3.8, 4) is 0 Å². The minimum Gasteiger partial charge on any atom is -0.273 e. The highest BCUT2D eigenvalue weighted by Crippen LogP contribution is 2.12. The summed E-state index contributed by atoms with van der Waals surface area (Å²) >= 11 is 5.78. The van der Waals surface area contributed by atoms with Gasteiger partial charge in [0.2, 0.25) is 5.91 Å². The standard InChI is InChI=1S/C16H14ClN3O3/c1-11(13-4-8-15(9-5-13)20(22)23)18-19-16(21)10-12-2-6-14(17)7-3-12/h2-9H,10H2,1H3,(H,19,21)/b18-11+. The lowest BCUT2D eigenvalue weighted by Crippen LogP contribution is -2.21. The van der Waals surface area contributed by atoms with Crippen molar-refractivity contribution in [2.45, 2.75) is 13.3 Å². The van der Waals surface area contributed by atoms with Crippen LogP contribution < -0.4 is 5.43 Å². The predicted octanol–water partition coefficient (Wildman–Crippen LogP) is 3.33. The van der Waals surface area contributed by atoms with Crippen LogP contribution in [0.3, 0.4) is 0 Å². The second-order valence-corrected chi connectivity index (χ2v) is 5.28. The molecule has 0 atom stereocenters. The Balaban J connectivity index is 1.96. The van der Waals surface area contributed by atoms with E-state index >= 15 is 0 Å². The molecule has 0 aliphatic carbocycles. The van der Waals surface area contributed by atoms with E-state index in [1.807, 2.05) is 0 Å². The van der Waals surface area contributed by atoms with E-state index in [1.165, 1.54) is 12.1 Å². The Kier molecular flexibility index (Phi) is 5.43. The van der Waals surface area contributed by atoms with Gasteiger partial charge in [-0.05, 0) is 42.3 Å². The van der Waals surface area contributed by atoms with E-state index in [4.69, 9.17) is 11.6 Å². The third kappa shape index (κ3) is 4.89. The van der Waals surface area contributed by atoms with Crippen LogP contribution in [0.4, 0.5) is 5.69 Å². The number of hydrazone groups is 1. The number of hydrogen-bond acceptors (Lipinski definition) is 4. The summed E-state index contributed by atoms with van der Waals surface area (Å²) in [6.45, 7) is 1.71. The topological polar surface area (TPSA) is 84.6 Å². The second-order valence-electron chi connectivity index (χ2n) is 4.84. The van der Waals surface area contributed by atoms with Crippen molar-refractivity contribution >= 4 is 28.9 Å². The smallest absolute Gasteiger partial charge is 0.269 e. The molecule has 7 heteroatoms. The highest BCUT2D eigenvalue weighted by Gasteiger charge is 2.06. The monoisotopic (exact) mass is 331 g/mol. The molecule has 0 aliphatic rings. The fourth-order valence-corrected chi connectivity index (χ4v) is 1.99. The van der Waals surface area contributed by atoms with Crippen LogP contribution in [0.5, 0.6) is 0 Å². The maximum atomic E-state index is 11.8. The Labute approximate surface area is 137 Å². The van der Waals surface area contributed by atoms with Gasteiger partial charge in [-0.1, -0.05) is 23.7 Å². The van der Waals surface area contributed by atoms with Crippen LogP contribution in [0, 0.1) is 10.1 Å². The van der Waals surface area contributed by atoms with Crippen molar-refractivity contribution in [1.82, 2.24) is 5.43 Å². The van der Waals surface area contributed by atoms with Gasteiger partial charge in [-0.3, -0.25) is 14.9 Å². The first-order valence-corrected chi connectivity index (χ1v) is 7.16. The summed E-state index contributed by atoms with van der Waals surface area (Å²) in [4.78, 5) is 22.0. The van der Waals surface area contributed by atoms with Crippen molar-refractivity contribution in [1.29, 1.82) is 0 Å². The van der Waals surface area contributed by atoms with Crippen LogP contribution in [-0.4, -0.2) is 16.5 Å². The lowest BCUT2D eigenvalue weighted by Gasteiger charge is -2.03. The van der Waals surface area contributed by atoms with Crippen LogP contribution in [0.25, 0.3) is 0 Å². The highest BCUT2D eigenvalue weighted by atomic mass is 35.5. The van der Waals surface area contributed by atoms with Gasteiger partial charge in [-0.25, -0.2) is 5.43 Å². The molecule has 0 radical (unpaired) electrons. The first-order valence-electron chi connectivity index (χ1n) is 6.78. The molecule has 0 aliphatic heterocycles. The number of nitro groups is 1. The van der Waals surface area contributed by atoms with Crippen molar-refractivity contribution in [2.24, 2.45) is 5.10 Å². The van der Waals surface area contributed by atoms with Crippen molar-refractivity contribution < 1.29 is 9.72 Å². The third-order valence-corrected chi connectivity index (χ3v) is 3.37. The molecule has 0 fully saturated rings. The maximum absolute atomic E-state index is 11.8. The molecule has 2 rings (SSSR count). The number of hydrogen-bond donors (Lipinski definition) is 1. The van der Waals surface area contributed by atoms with Gasteiger partial charge < -0.3 is 0 Å². The predicted molar refractivity (Wildman–Crippen MR) is 88.6 cm³/mol. The van der Waals surface area contributed by atoms with E-state index in [1.54, 1.807) is 43.3 Å². The van der Waals surface area contributed by atoms with Gasteiger partial charge in [0.15, 0.2) is 0 Å². The van der Waals surface area contributed by atoms with Gasteiger partial charge in [0.1, 0.15) is 0 Å².